The van der Waals surface area contributed by atoms with Crippen LogP contribution in [0.2, 0.25) is 0 Å². The summed E-state index contributed by atoms with van der Waals surface area (Å²) in [6, 6.07) is 2.46. The van der Waals surface area contributed by atoms with Gasteiger partial charge in [0, 0.05) is 19.4 Å². The molecule has 17 heavy (non-hydrogen) atoms. The number of carbonyl (C=O) groups excluding carboxylic acids is 2. The minimum Gasteiger partial charge on any atom is -0.358 e. The minimum absolute atomic E-state index is 0.0544. The number of nitro groups is 1. The third-order valence-corrected chi connectivity index (χ3v) is 1.97. The fourth-order valence-corrected chi connectivity index (χ4v) is 1.21. The molecule has 1 aromatic rings. The first-order valence-electron chi connectivity index (χ1n) is 4.91. The molecular weight excluding hydrogens is 226 g/mol. The number of nitrogens with zero attached hydrogens (tertiary/aromatic N) is 2. The van der Waals surface area contributed by atoms with Crippen molar-refractivity contribution in [2.75, 3.05) is 0 Å². The second-order valence-corrected chi connectivity index (χ2v) is 3.33. The molecule has 0 saturated carbocycles. The van der Waals surface area contributed by atoms with Crippen molar-refractivity contribution < 1.29 is 14.5 Å². The van der Waals surface area contributed by atoms with Crippen LogP contribution in [0.3, 0.4) is 0 Å². The first kappa shape index (κ1) is 12.8. The van der Waals surface area contributed by atoms with Gasteiger partial charge in [0.15, 0.2) is 5.69 Å². The van der Waals surface area contributed by atoms with E-state index in [-0.39, 0.29) is 5.56 Å². The molecule has 1 heterocycles. The molecule has 0 saturated heterocycles. The molecule has 0 aliphatic carbocycles. The molecule has 1 rings (SSSR count). The standard InChI is InChI=1S/C10H11N3O4/c1-3-8-4-7(10(15)11-6(2)14)5-9(12-8)13(16)17/h4-5H,3H2,1-2H3,(H,11,14,15). The maximum atomic E-state index is 11.5. The van der Waals surface area contributed by atoms with Crippen LogP contribution >= 0.6 is 0 Å². The highest BCUT2D eigenvalue weighted by atomic mass is 16.6. The molecule has 1 N–H and O–H groups in total. The third-order valence-electron chi connectivity index (χ3n) is 1.97. The highest BCUT2D eigenvalue weighted by molar-refractivity contribution is 6.04. The number of carbonyl (C=O) groups is 2. The second kappa shape index (κ2) is 5.15. The van der Waals surface area contributed by atoms with Crippen molar-refractivity contribution in [2.45, 2.75) is 20.3 Å². The minimum atomic E-state index is -0.677. The van der Waals surface area contributed by atoms with E-state index < -0.39 is 22.6 Å². The number of amides is 2. The maximum Gasteiger partial charge on any atom is 0.364 e. The zero-order valence-electron chi connectivity index (χ0n) is 9.39. The smallest absolute Gasteiger partial charge is 0.358 e. The molecule has 0 atom stereocenters. The molecule has 0 fully saturated rings. The van der Waals surface area contributed by atoms with E-state index in [1.54, 1.807) is 6.92 Å². The van der Waals surface area contributed by atoms with Gasteiger partial charge in [-0.05, 0) is 16.0 Å². The molecule has 0 unspecified atom stereocenters. The Morgan fingerprint density at radius 1 is 1.47 bits per heavy atom. The molecule has 7 heteroatoms. The Morgan fingerprint density at radius 3 is 2.59 bits per heavy atom. The molecule has 0 aromatic carbocycles. The van der Waals surface area contributed by atoms with Gasteiger partial charge in [0.2, 0.25) is 5.91 Å². The van der Waals surface area contributed by atoms with Gasteiger partial charge >= 0.3 is 5.82 Å². The number of hydrogen-bond donors (Lipinski definition) is 1. The van der Waals surface area contributed by atoms with Gasteiger partial charge in [-0.15, -0.1) is 0 Å². The van der Waals surface area contributed by atoms with Gasteiger partial charge in [-0.25, -0.2) is 0 Å². The summed E-state index contributed by atoms with van der Waals surface area (Å²) in [5.41, 5.74) is 0.478. The van der Waals surface area contributed by atoms with Crippen molar-refractivity contribution in [2.24, 2.45) is 0 Å². The maximum absolute atomic E-state index is 11.5. The molecule has 0 spiro atoms. The predicted molar refractivity (Wildman–Crippen MR) is 58.4 cm³/mol. The Balaban J connectivity index is 3.14. The fraction of sp³-hybridized carbons (Fsp3) is 0.300. The third kappa shape index (κ3) is 3.33. The molecule has 0 aliphatic rings. The number of imide groups is 1. The lowest BCUT2D eigenvalue weighted by Crippen LogP contribution is -2.28. The number of pyridine rings is 1. The number of rotatable bonds is 3. The van der Waals surface area contributed by atoms with Crippen LogP contribution in [0.1, 0.15) is 29.9 Å². The average molecular weight is 237 g/mol. The molecule has 7 nitrogen and oxygen atoms in total. The van der Waals surface area contributed by atoms with Crippen LogP contribution in [0, 0.1) is 10.1 Å². The van der Waals surface area contributed by atoms with E-state index in [0.29, 0.717) is 12.1 Å². The Hall–Kier alpha value is -2.31. The molecule has 0 bridgehead atoms. The summed E-state index contributed by atoms with van der Waals surface area (Å²) in [5, 5.41) is 12.7. The van der Waals surface area contributed by atoms with E-state index in [4.69, 9.17) is 0 Å². The summed E-state index contributed by atoms with van der Waals surface area (Å²) in [7, 11) is 0. The first-order valence-corrected chi connectivity index (χ1v) is 4.91. The molecular formula is C10H11N3O4. The zero-order chi connectivity index (χ0) is 13.0. The SMILES string of the molecule is CCc1cc(C(=O)NC(C)=O)cc([N+](=O)[O-])n1. The van der Waals surface area contributed by atoms with Gasteiger partial charge in [0.1, 0.15) is 0 Å². The first-order chi connectivity index (χ1) is 7.93. The van der Waals surface area contributed by atoms with Crippen LogP contribution in [-0.2, 0) is 11.2 Å². The number of aryl methyl sites for hydroxylation is 1. The summed E-state index contributed by atoms with van der Waals surface area (Å²) in [6.45, 7) is 2.95. The number of aromatic nitrogens is 1. The summed E-state index contributed by atoms with van der Waals surface area (Å²) in [5.74, 6) is -1.59. The molecule has 0 aliphatic heterocycles. The monoisotopic (exact) mass is 237 g/mol. The molecule has 2 amide bonds. The van der Waals surface area contributed by atoms with Crippen molar-refractivity contribution in [1.82, 2.24) is 10.3 Å². The summed E-state index contributed by atoms with van der Waals surface area (Å²) in [4.78, 5) is 35.9. The highest BCUT2D eigenvalue weighted by Gasteiger charge is 2.17. The van der Waals surface area contributed by atoms with E-state index >= 15 is 0 Å². The normalized spacial score (nSPS) is 9.76. The summed E-state index contributed by atoms with van der Waals surface area (Å²) < 4.78 is 0. The molecule has 0 radical (unpaired) electrons. The van der Waals surface area contributed by atoms with Crippen LogP contribution in [0.4, 0.5) is 5.82 Å². The van der Waals surface area contributed by atoms with Crippen LogP contribution in [0.5, 0.6) is 0 Å². The lowest BCUT2D eigenvalue weighted by Gasteiger charge is -2.02. The lowest BCUT2D eigenvalue weighted by atomic mass is 10.2. The van der Waals surface area contributed by atoms with Crippen LogP contribution in [0.15, 0.2) is 12.1 Å². The van der Waals surface area contributed by atoms with Gasteiger partial charge in [0.25, 0.3) is 5.91 Å². The quantitative estimate of drug-likeness (QED) is 0.619. The zero-order valence-corrected chi connectivity index (χ0v) is 9.39. The number of nitrogens with one attached hydrogen (secondary N) is 1. The van der Waals surface area contributed by atoms with Crippen molar-refractivity contribution >= 4 is 17.6 Å². The predicted octanol–water partition coefficient (Wildman–Crippen LogP) is 0.828. The Labute approximate surface area is 97.0 Å². The van der Waals surface area contributed by atoms with E-state index in [1.807, 2.05) is 5.32 Å². The van der Waals surface area contributed by atoms with Gasteiger partial charge in [-0.3, -0.25) is 14.9 Å². The molecule has 1 aromatic heterocycles. The topological polar surface area (TPSA) is 102 Å². The van der Waals surface area contributed by atoms with Gasteiger partial charge in [0.05, 0.1) is 5.56 Å². The fourth-order valence-electron chi connectivity index (χ4n) is 1.21. The van der Waals surface area contributed by atoms with Crippen molar-refractivity contribution in [3.63, 3.8) is 0 Å². The summed E-state index contributed by atoms with van der Waals surface area (Å²) >= 11 is 0. The lowest BCUT2D eigenvalue weighted by molar-refractivity contribution is -0.389. The van der Waals surface area contributed by atoms with E-state index in [9.17, 15) is 19.7 Å². The average Bonchev–Trinajstić information content (AvgIpc) is 2.27. The van der Waals surface area contributed by atoms with Crippen molar-refractivity contribution in [3.05, 3.63) is 33.5 Å². The highest BCUT2D eigenvalue weighted by Crippen LogP contribution is 2.13. The van der Waals surface area contributed by atoms with Gasteiger partial charge in [-0.2, -0.15) is 0 Å². The van der Waals surface area contributed by atoms with E-state index in [1.165, 1.54) is 13.0 Å². The van der Waals surface area contributed by atoms with Gasteiger partial charge < -0.3 is 10.1 Å². The van der Waals surface area contributed by atoms with Crippen molar-refractivity contribution in [3.8, 4) is 0 Å². The van der Waals surface area contributed by atoms with Crippen LogP contribution in [-0.4, -0.2) is 21.7 Å². The largest absolute Gasteiger partial charge is 0.364 e. The van der Waals surface area contributed by atoms with E-state index in [2.05, 4.69) is 4.98 Å². The Morgan fingerprint density at radius 2 is 2.12 bits per heavy atom. The number of hydrogen-bond acceptors (Lipinski definition) is 5. The van der Waals surface area contributed by atoms with Crippen LogP contribution < -0.4 is 5.32 Å². The Kier molecular flexibility index (Phi) is 3.86. The van der Waals surface area contributed by atoms with Gasteiger partial charge in [-0.1, -0.05) is 6.92 Å². The second-order valence-electron chi connectivity index (χ2n) is 3.33. The van der Waals surface area contributed by atoms with Crippen molar-refractivity contribution in [1.29, 1.82) is 0 Å². The summed E-state index contributed by atoms with van der Waals surface area (Å²) in [6.07, 6.45) is 0.460. The van der Waals surface area contributed by atoms with Crippen LogP contribution in [0.25, 0.3) is 0 Å². The molecule has 90 valence electrons. The van der Waals surface area contributed by atoms with E-state index in [0.717, 1.165) is 6.07 Å². The Bertz CT molecular complexity index is 484.